The first kappa shape index (κ1) is 18.4. The SMILES string of the molecule is Cc1cc(Br)cc(CNCC(C)C)c1OCCOCCO. The van der Waals surface area contributed by atoms with Crippen molar-refractivity contribution in [2.75, 3.05) is 33.0 Å². The Hall–Kier alpha value is -0.620. The van der Waals surface area contributed by atoms with E-state index in [-0.39, 0.29) is 6.61 Å². The molecule has 0 unspecified atom stereocenters. The van der Waals surface area contributed by atoms with Crippen LogP contribution in [0.25, 0.3) is 0 Å². The maximum atomic E-state index is 8.66. The summed E-state index contributed by atoms with van der Waals surface area (Å²) in [6, 6.07) is 4.14. The van der Waals surface area contributed by atoms with Gasteiger partial charge in [-0.25, -0.2) is 0 Å². The molecule has 1 aromatic rings. The summed E-state index contributed by atoms with van der Waals surface area (Å²) >= 11 is 3.53. The zero-order valence-corrected chi connectivity index (χ0v) is 14.7. The number of aliphatic hydroxyl groups excluding tert-OH is 1. The third-order valence-corrected chi connectivity index (χ3v) is 3.35. The quantitative estimate of drug-likeness (QED) is 0.630. The monoisotopic (exact) mass is 359 g/mol. The van der Waals surface area contributed by atoms with E-state index in [1.807, 2.05) is 6.92 Å². The molecule has 0 aromatic heterocycles. The zero-order valence-electron chi connectivity index (χ0n) is 13.1. The summed E-state index contributed by atoms with van der Waals surface area (Å²) in [6.45, 7) is 9.54. The highest BCUT2D eigenvalue weighted by molar-refractivity contribution is 9.10. The molecular weight excluding hydrogens is 334 g/mol. The molecule has 0 aliphatic carbocycles. The maximum Gasteiger partial charge on any atom is 0.126 e. The van der Waals surface area contributed by atoms with Gasteiger partial charge in [-0.3, -0.25) is 0 Å². The second-order valence-electron chi connectivity index (χ2n) is 5.42. The van der Waals surface area contributed by atoms with Crippen molar-refractivity contribution >= 4 is 15.9 Å². The van der Waals surface area contributed by atoms with Gasteiger partial charge in [0.25, 0.3) is 0 Å². The molecule has 21 heavy (non-hydrogen) atoms. The Bertz CT molecular complexity index is 424. The molecule has 0 atom stereocenters. The molecule has 0 aliphatic heterocycles. The minimum atomic E-state index is 0.0433. The van der Waals surface area contributed by atoms with Gasteiger partial charge < -0.3 is 19.9 Å². The third kappa shape index (κ3) is 7.27. The summed E-state index contributed by atoms with van der Waals surface area (Å²) in [5, 5.41) is 12.1. The zero-order chi connectivity index (χ0) is 15.7. The van der Waals surface area contributed by atoms with Crippen LogP contribution in [0.5, 0.6) is 5.75 Å². The van der Waals surface area contributed by atoms with Crippen molar-refractivity contribution in [3.8, 4) is 5.75 Å². The Kier molecular flexibility index (Phi) is 8.92. The van der Waals surface area contributed by atoms with Crippen LogP contribution in [0, 0.1) is 12.8 Å². The van der Waals surface area contributed by atoms with Crippen molar-refractivity contribution in [1.29, 1.82) is 0 Å². The fourth-order valence-corrected chi connectivity index (χ4v) is 2.62. The Labute approximate surface area is 136 Å². The summed E-state index contributed by atoms with van der Waals surface area (Å²) < 4.78 is 12.1. The van der Waals surface area contributed by atoms with E-state index in [4.69, 9.17) is 14.6 Å². The van der Waals surface area contributed by atoms with Crippen LogP contribution in [0.1, 0.15) is 25.0 Å². The molecule has 4 nitrogen and oxygen atoms in total. The maximum absolute atomic E-state index is 8.66. The molecule has 0 aliphatic rings. The number of rotatable bonds is 10. The molecule has 120 valence electrons. The minimum absolute atomic E-state index is 0.0433. The van der Waals surface area contributed by atoms with Crippen LogP contribution >= 0.6 is 15.9 Å². The van der Waals surface area contributed by atoms with Crippen molar-refractivity contribution in [2.45, 2.75) is 27.3 Å². The molecule has 0 saturated carbocycles. The van der Waals surface area contributed by atoms with E-state index >= 15 is 0 Å². The van der Waals surface area contributed by atoms with Crippen molar-refractivity contribution in [2.24, 2.45) is 5.92 Å². The van der Waals surface area contributed by atoms with Crippen molar-refractivity contribution in [1.82, 2.24) is 5.32 Å². The van der Waals surface area contributed by atoms with Gasteiger partial charge in [-0.05, 0) is 37.1 Å². The number of aryl methyl sites for hydroxylation is 1. The van der Waals surface area contributed by atoms with E-state index in [1.54, 1.807) is 0 Å². The van der Waals surface area contributed by atoms with Crippen molar-refractivity contribution in [3.05, 3.63) is 27.7 Å². The van der Waals surface area contributed by atoms with Crippen molar-refractivity contribution < 1.29 is 14.6 Å². The molecule has 0 bridgehead atoms. The molecule has 0 fully saturated rings. The molecule has 0 saturated heterocycles. The van der Waals surface area contributed by atoms with Gasteiger partial charge in [0.1, 0.15) is 12.4 Å². The van der Waals surface area contributed by atoms with Gasteiger partial charge in [-0.15, -0.1) is 0 Å². The van der Waals surface area contributed by atoms with E-state index in [1.165, 1.54) is 0 Å². The highest BCUT2D eigenvalue weighted by atomic mass is 79.9. The van der Waals surface area contributed by atoms with Gasteiger partial charge in [0.05, 0.1) is 19.8 Å². The molecular formula is C16H26BrNO3. The van der Waals surface area contributed by atoms with Crippen LogP contribution in [0.4, 0.5) is 0 Å². The highest BCUT2D eigenvalue weighted by Gasteiger charge is 2.09. The molecule has 1 aromatic carbocycles. The lowest BCUT2D eigenvalue weighted by atomic mass is 10.1. The summed E-state index contributed by atoms with van der Waals surface area (Å²) in [5.74, 6) is 1.54. The van der Waals surface area contributed by atoms with Gasteiger partial charge >= 0.3 is 0 Å². The van der Waals surface area contributed by atoms with E-state index < -0.39 is 0 Å². The predicted molar refractivity (Wildman–Crippen MR) is 88.8 cm³/mol. The lowest BCUT2D eigenvalue weighted by Crippen LogP contribution is -2.20. The van der Waals surface area contributed by atoms with Crippen LogP contribution in [0.2, 0.25) is 0 Å². The number of benzene rings is 1. The first-order valence-electron chi connectivity index (χ1n) is 7.35. The van der Waals surface area contributed by atoms with Crippen LogP contribution in [0.15, 0.2) is 16.6 Å². The highest BCUT2D eigenvalue weighted by Crippen LogP contribution is 2.28. The van der Waals surface area contributed by atoms with Gasteiger partial charge in [0, 0.05) is 16.6 Å². The lowest BCUT2D eigenvalue weighted by molar-refractivity contribution is 0.0701. The number of aliphatic hydroxyl groups is 1. The summed E-state index contributed by atoms with van der Waals surface area (Å²) in [6.07, 6.45) is 0. The predicted octanol–water partition coefficient (Wildman–Crippen LogP) is 2.89. The smallest absolute Gasteiger partial charge is 0.126 e. The van der Waals surface area contributed by atoms with Crippen molar-refractivity contribution in [3.63, 3.8) is 0 Å². The Balaban J connectivity index is 2.62. The van der Waals surface area contributed by atoms with Crippen LogP contribution in [0.3, 0.4) is 0 Å². The van der Waals surface area contributed by atoms with Gasteiger partial charge in [-0.2, -0.15) is 0 Å². The number of ether oxygens (including phenoxy) is 2. The summed E-state index contributed by atoms with van der Waals surface area (Å²) in [5.41, 5.74) is 2.25. The fraction of sp³-hybridized carbons (Fsp3) is 0.625. The number of hydrogen-bond donors (Lipinski definition) is 2. The molecule has 5 heteroatoms. The van der Waals surface area contributed by atoms with Crippen LogP contribution in [-0.4, -0.2) is 38.1 Å². The molecule has 2 N–H and O–H groups in total. The van der Waals surface area contributed by atoms with Gasteiger partial charge in [0.2, 0.25) is 0 Å². The second kappa shape index (κ2) is 10.2. The number of halogens is 1. The summed E-state index contributed by atoms with van der Waals surface area (Å²) in [7, 11) is 0. The van der Waals surface area contributed by atoms with E-state index in [0.717, 1.165) is 34.4 Å². The lowest BCUT2D eigenvalue weighted by Gasteiger charge is -2.16. The average molecular weight is 360 g/mol. The normalized spacial score (nSPS) is 11.1. The van der Waals surface area contributed by atoms with Gasteiger partial charge in [-0.1, -0.05) is 29.8 Å². The largest absolute Gasteiger partial charge is 0.491 e. The molecule has 0 amide bonds. The number of nitrogens with one attached hydrogen (secondary N) is 1. The Morgan fingerprint density at radius 2 is 2.00 bits per heavy atom. The topological polar surface area (TPSA) is 50.7 Å². The molecule has 0 heterocycles. The van der Waals surface area contributed by atoms with Crippen LogP contribution < -0.4 is 10.1 Å². The van der Waals surface area contributed by atoms with E-state index in [2.05, 4.69) is 47.2 Å². The third-order valence-electron chi connectivity index (χ3n) is 2.89. The van der Waals surface area contributed by atoms with Crippen LogP contribution in [-0.2, 0) is 11.3 Å². The van der Waals surface area contributed by atoms with Gasteiger partial charge in [0.15, 0.2) is 0 Å². The van der Waals surface area contributed by atoms with E-state index in [0.29, 0.717) is 25.7 Å². The fourth-order valence-electron chi connectivity index (χ4n) is 2.00. The average Bonchev–Trinajstić information content (AvgIpc) is 2.40. The Morgan fingerprint density at radius 1 is 1.24 bits per heavy atom. The molecule has 1 rings (SSSR count). The first-order chi connectivity index (χ1) is 10.0. The first-order valence-corrected chi connectivity index (χ1v) is 8.15. The molecule has 0 spiro atoms. The minimum Gasteiger partial charge on any atom is -0.491 e. The van der Waals surface area contributed by atoms with E-state index in [9.17, 15) is 0 Å². The second-order valence-corrected chi connectivity index (χ2v) is 6.34. The Morgan fingerprint density at radius 3 is 2.67 bits per heavy atom. The molecule has 0 radical (unpaired) electrons. The summed E-state index contributed by atoms with van der Waals surface area (Å²) in [4.78, 5) is 0. The standard InChI is InChI=1S/C16H26BrNO3/c1-12(2)10-18-11-14-9-15(17)8-13(3)16(14)21-7-6-20-5-4-19/h8-9,12,18-19H,4-7,10-11H2,1-3H3. The number of hydrogen-bond acceptors (Lipinski definition) is 4.